The summed E-state index contributed by atoms with van der Waals surface area (Å²) in [6.45, 7) is 6.83. The molecule has 0 aromatic heterocycles. The van der Waals surface area contributed by atoms with Crippen LogP contribution in [0.2, 0.25) is 0 Å². The summed E-state index contributed by atoms with van der Waals surface area (Å²) >= 11 is 3.35. The topological polar surface area (TPSA) is 35.5 Å². The molecular weight excluding hydrogens is 284 g/mol. The number of aryl methyl sites for hydroxylation is 1. The van der Waals surface area contributed by atoms with Crippen molar-refractivity contribution in [3.05, 3.63) is 27.7 Å². The van der Waals surface area contributed by atoms with Crippen molar-refractivity contribution in [1.82, 2.24) is 0 Å². The molecule has 0 unspecified atom stereocenters. The van der Waals surface area contributed by atoms with Gasteiger partial charge in [0.2, 0.25) is 0 Å². The van der Waals surface area contributed by atoms with Crippen LogP contribution in [0.1, 0.15) is 29.8 Å². The average Bonchev–Trinajstić information content (AvgIpc) is 2.25. The number of carbonyl (C=O) groups excluding carboxylic acids is 1. The van der Waals surface area contributed by atoms with Crippen molar-refractivity contribution < 1.29 is 14.3 Å². The first-order chi connectivity index (χ1) is 8.04. The summed E-state index contributed by atoms with van der Waals surface area (Å²) < 4.78 is 11.8. The smallest absolute Gasteiger partial charge is 0.153 e. The van der Waals surface area contributed by atoms with Gasteiger partial charge in [-0.1, -0.05) is 15.9 Å². The average molecular weight is 301 g/mol. The van der Waals surface area contributed by atoms with E-state index < -0.39 is 0 Å². The van der Waals surface area contributed by atoms with Crippen LogP contribution in [0.4, 0.5) is 0 Å². The van der Waals surface area contributed by atoms with E-state index in [4.69, 9.17) is 9.47 Å². The van der Waals surface area contributed by atoms with Gasteiger partial charge in [-0.25, -0.2) is 0 Å². The molecule has 0 saturated heterocycles. The molecule has 0 heterocycles. The van der Waals surface area contributed by atoms with Crippen molar-refractivity contribution in [1.29, 1.82) is 0 Å². The fourth-order valence-electron chi connectivity index (χ4n) is 1.47. The Morgan fingerprint density at radius 2 is 2.06 bits per heavy atom. The number of carbonyl (C=O) groups is 1. The molecule has 0 fully saturated rings. The van der Waals surface area contributed by atoms with Crippen LogP contribution < -0.4 is 4.74 Å². The van der Waals surface area contributed by atoms with Gasteiger partial charge in [-0.05, 0) is 38.5 Å². The van der Waals surface area contributed by atoms with Crippen LogP contribution in [0.5, 0.6) is 5.75 Å². The Morgan fingerprint density at radius 1 is 1.35 bits per heavy atom. The van der Waals surface area contributed by atoms with E-state index >= 15 is 0 Å². The molecule has 1 aromatic carbocycles. The molecule has 0 spiro atoms. The molecule has 0 aliphatic rings. The van der Waals surface area contributed by atoms with Crippen molar-refractivity contribution in [2.24, 2.45) is 0 Å². The fourth-order valence-corrected chi connectivity index (χ4v) is 2.06. The van der Waals surface area contributed by atoms with Gasteiger partial charge >= 0.3 is 0 Å². The zero-order chi connectivity index (χ0) is 12.8. The van der Waals surface area contributed by atoms with Gasteiger partial charge in [-0.2, -0.15) is 0 Å². The number of ether oxygens (including phenoxy) is 2. The van der Waals surface area contributed by atoms with Gasteiger partial charge in [0.05, 0.1) is 18.3 Å². The van der Waals surface area contributed by atoms with Crippen molar-refractivity contribution >= 4 is 22.2 Å². The van der Waals surface area contributed by atoms with E-state index in [9.17, 15) is 4.79 Å². The van der Waals surface area contributed by atoms with E-state index in [2.05, 4.69) is 15.9 Å². The monoisotopic (exact) mass is 300 g/mol. The standard InChI is InChI=1S/C13H17BrO3/c1-9(2)16-4-5-17-13-10(3)6-12(14)7-11(13)8-15/h6-9H,4-5H2,1-3H3. The van der Waals surface area contributed by atoms with E-state index in [1.165, 1.54) is 0 Å². The summed E-state index contributed by atoms with van der Waals surface area (Å²) in [6.07, 6.45) is 0.992. The molecule has 1 rings (SSSR count). The van der Waals surface area contributed by atoms with Gasteiger partial charge in [-0.15, -0.1) is 0 Å². The molecule has 0 saturated carbocycles. The second-order valence-electron chi connectivity index (χ2n) is 4.03. The zero-order valence-electron chi connectivity index (χ0n) is 10.3. The number of hydrogen-bond donors (Lipinski definition) is 0. The van der Waals surface area contributed by atoms with Crippen LogP contribution in [0.3, 0.4) is 0 Å². The lowest BCUT2D eigenvalue weighted by atomic mass is 10.1. The van der Waals surface area contributed by atoms with Crippen LogP contribution in [-0.4, -0.2) is 25.6 Å². The minimum atomic E-state index is 0.190. The lowest BCUT2D eigenvalue weighted by Crippen LogP contribution is -2.12. The normalized spacial score (nSPS) is 10.6. The summed E-state index contributed by atoms with van der Waals surface area (Å²) in [5.74, 6) is 0.635. The Labute approximate surface area is 110 Å². The lowest BCUT2D eigenvalue weighted by Gasteiger charge is -2.13. The van der Waals surface area contributed by atoms with Crippen molar-refractivity contribution in [3.8, 4) is 5.75 Å². The number of hydrogen-bond acceptors (Lipinski definition) is 3. The van der Waals surface area contributed by atoms with Crippen molar-refractivity contribution in [3.63, 3.8) is 0 Å². The third-order valence-electron chi connectivity index (χ3n) is 2.18. The predicted octanol–water partition coefficient (Wildman–Crippen LogP) is 3.37. The van der Waals surface area contributed by atoms with E-state index in [1.807, 2.05) is 26.8 Å². The van der Waals surface area contributed by atoms with Gasteiger partial charge in [0.1, 0.15) is 12.4 Å². The van der Waals surface area contributed by atoms with E-state index in [0.717, 1.165) is 16.3 Å². The highest BCUT2D eigenvalue weighted by atomic mass is 79.9. The van der Waals surface area contributed by atoms with Crippen LogP contribution in [-0.2, 0) is 4.74 Å². The molecule has 0 aliphatic heterocycles. The van der Waals surface area contributed by atoms with Gasteiger partial charge in [0.25, 0.3) is 0 Å². The number of rotatable bonds is 6. The Bertz CT molecular complexity index is 388. The molecule has 3 nitrogen and oxygen atoms in total. The number of halogens is 1. The maximum atomic E-state index is 10.9. The van der Waals surface area contributed by atoms with Crippen LogP contribution >= 0.6 is 15.9 Å². The Balaban J connectivity index is 2.66. The first-order valence-electron chi connectivity index (χ1n) is 5.54. The van der Waals surface area contributed by atoms with Gasteiger partial charge in [0, 0.05) is 4.47 Å². The minimum absolute atomic E-state index is 0.190. The molecule has 0 bridgehead atoms. The molecular formula is C13H17BrO3. The Morgan fingerprint density at radius 3 is 2.65 bits per heavy atom. The largest absolute Gasteiger partial charge is 0.490 e. The lowest BCUT2D eigenvalue weighted by molar-refractivity contribution is 0.0549. The third-order valence-corrected chi connectivity index (χ3v) is 2.63. The highest BCUT2D eigenvalue weighted by molar-refractivity contribution is 9.10. The molecule has 0 aliphatic carbocycles. The van der Waals surface area contributed by atoms with Crippen LogP contribution in [0, 0.1) is 6.92 Å². The minimum Gasteiger partial charge on any atom is -0.490 e. The first-order valence-corrected chi connectivity index (χ1v) is 6.33. The van der Waals surface area contributed by atoms with Crippen molar-refractivity contribution in [2.75, 3.05) is 13.2 Å². The zero-order valence-corrected chi connectivity index (χ0v) is 11.9. The van der Waals surface area contributed by atoms with Gasteiger partial charge in [0.15, 0.2) is 6.29 Å². The molecule has 1 aromatic rings. The second kappa shape index (κ2) is 6.77. The van der Waals surface area contributed by atoms with Crippen LogP contribution in [0.25, 0.3) is 0 Å². The summed E-state index contributed by atoms with van der Waals surface area (Å²) in [4.78, 5) is 10.9. The predicted molar refractivity (Wildman–Crippen MR) is 70.8 cm³/mol. The molecule has 17 heavy (non-hydrogen) atoms. The quantitative estimate of drug-likeness (QED) is 0.597. The number of aldehydes is 1. The third kappa shape index (κ3) is 4.48. The van der Waals surface area contributed by atoms with E-state index in [0.29, 0.717) is 24.5 Å². The van der Waals surface area contributed by atoms with Gasteiger partial charge < -0.3 is 9.47 Å². The second-order valence-corrected chi connectivity index (χ2v) is 4.94. The molecule has 4 heteroatoms. The maximum absolute atomic E-state index is 10.9. The molecule has 0 amide bonds. The summed E-state index contributed by atoms with van der Waals surface area (Å²) in [5.41, 5.74) is 1.49. The van der Waals surface area contributed by atoms with E-state index in [-0.39, 0.29) is 6.10 Å². The molecule has 94 valence electrons. The van der Waals surface area contributed by atoms with Crippen molar-refractivity contribution in [2.45, 2.75) is 26.9 Å². The summed E-state index contributed by atoms with van der Waals surface area (Å²) in [7, 11) is 0. The SMILES string of the molecule is Cc1cc(Br)cc(C=O)c1OCCOC(C)C. The number of benzene rings is 1. The highest BCUT2D eigenvalue weighted by Gasteiger charge is 2.08. The van der Waals surface area contributed by atoms with Gasteiger partial charge in [-0.3, -0.25) is 4.79 Å². The van der Waals surface area contributed by atoms with Crippen LogP contribution in [0.15, 0.2) is 16.6 Å². The maximum Gasteiger partial charge on any atom is 0.153 e. The Kier molecular flexibility index (Phi) is 5.65. The molecule has 0 atom stereocenters. The Hall–Kier alpha value is -0.870. The fraction of sp³-hybridized carbons (Fsp3) is 0.462. The molecule has 0 radical (unpaired) electrons. The summed E-state index contributed by atoms with van der Waals surface area (Å²) in [6, 6.07) is 3.67. The van der Waals surface area contributed by atoms with E-state index in [1.54, 1.807) is 6.07 Å². The first kappa shape index (κ1) is 14.2. The molecule has 0 N–H and O–H groups in total. The highest BCUT2D eigenvalue weighted by Crippen LogP contribution is 2.26. The summed E-state index contributed by atoms with van der Waals surface area (Å²) in [5, 5.41) is 0.